The van der Waals surface area contributed by atoms with E-state index in [0.717, 1.165) is 25.9 Å². The van der Waals surface area contributed by atoms with Crippen LogP contribution >= 0.6 is 0 Å². The van der Waals surface area contributed by atoms with Gasteiger partial charge in [-0.1, -0.05) is 13.8 Å². The standard InChI is InChI=1S/C12H25N3O/c1-9(2)11(13)12(16)15-7-5-6-10(15)8-14(3)4/h9-11H,5-8,13H2,1-4H3. The van der Waals surface area contributed by atoms with E-state index in [9.17, 15) is 4.79 Å². The molecule has 1 rings (SSSR count). The highest BCUT2D eigenvalue weighted by atomic mass is 16.2. The SMILES string of the molecule is CC(C)C(N)C(=O)N1CCCC1CN(C)C. The largest absolute Gasteiger partial charge is 0.337 e. The van der Waals surface area contributed by atoms with Crippen LogP contribution in [0.25, 0.3) is 0 Å². The van der Waals surface area contributed by atoms with Crippen molar-refractivity contribution in [2.45, 2.75) is 38.8 Å². The molecule has 4 nitrogen and oxygen atoms in total. The van der Waals surface area contributed by atoms with Gasteiger partial charge in [0, 0.05) is 19.1 Å². The summed E-state index contributed by atoms with van der Waals surface area (Å²) in [6.07, 6.45) is 2.21. The molecular formula is C12H25N3O. The topological polar surface area (TPSA) is 49.6 Å². The Hall–Kier alpha value is -0.610. The van der Waals surface area contributed by atoms with Gasteiger partial charge in [-0.3, -0.25) is 4.79 Å². The van der Waals surface area contributed by atoms with Gasteiger partial charge >= 0.3 is 0 Å². The van der Waals surface area contributed by atoms with Gasteiger partial charge in [-0.25, -0.2) is 0 Å². The van der Waals surface area contributed by atoms with Crippen LogP contribution in [0.15, 0.2) is 0 Å². The number of likely N-dealkylation sites (N-methyl/N-ethyl adjacent to an activating group) is 1. The first-order chi connectivity index (χ1) is 7.43. The number of carbonyl (C=O) groups is 1. The third kappa shape index (κ3) is 3.19. The number of nitrogens with two attached hydrogens (primary N) is 1. The van der Waals surface area contributed by atoms with Gasteiger partial charge in [-0.05, 0) is 32.9 Å². The van der Waals surface area contributed by atoms with Gasteiger partial charge in [-0.2, -0.15) is 0 Å². The average Bonchev–Trinajstić information content (AvgIpc) is 2.62. The fourth-order valence-corrected chi connectivity index (χ4v) is 2.21. The van der Waals surface area contributed by atoms with Gasteiger partial charge in [0.25, 0.3) is 0 Å². The van der Waals surface area contributed by atoms with E-state index in [4.69, 9.17) is 5.73 Å². The zero-order valence-electron chi connectivity index (χ0n) is 10.9. The Kier molecular flexibility index (Phi) is 4.74. The molecule has 1 saturated heterocycles. The molecule has 0 radical (unpaired) electrons. The maximum absolute atomic E-state index is 12.2. The molecule has 1 amide bonds. The quantitative estimate of drug-likeness (QED) is 0.762. The summed E-state index contributed by atoms with van der Waals surface area (Å²) in [5, 5.41) is 0. The van der Waals surface area contributed by atoms with Crippen molar-refractivity contribution in [2.24, 2.45) is 11.7 Å². The summed E-state index contributed by atoms with van der Waals surface area (Å²) in [5.41, 5.74) is 5.93. The summed E-state index contributed by atoms with van der Waals surface area (Å²) in [4.78, 5) is 16.3. The minimum absolute atomic E-state index is 0.124. The van der Waals surface area contributed by atoms with Gasteiger partial charge in [0.05, 0.1) is 6.04 Å². The second-order valence-corrected chi connectivity index (χ2v) is 5.36. The highest BCUT2D eigenvalue weighted by Gasteiger charge is 2.32. The number of carbonyl (C=O) groups excluding carboxylic acids is 1. The Balaban J connectivity index is 2.60. The van der Waals surface area contributed by atoms with Crippen molar-refractivity contribution in [3.63, 3.8) is 0 Å². The van der Waals surface area contributed by atoms with Gasteiger partial charge in [0.15, 0.2) is 0 Å². The molecule has 1 fully saturated rings. The summed E-state index contributed by atoms with van der Waals surface area (Å²) in [5.74, 6) is 0.340. The minimum atomic E-state index is -0.345. The Morgan fingerprint density at radius 2 is 2.12 bits per heavy atom. The second kappa shape index (κ2) is 5.64. The van der Waals surface area contributed by atoms with Crippen molar-refractivity contribution in [3.05, 3.63) is 0 Å². The van der Waals surface area contributed by atoms with Crippen LogP contribution < -0.4 is 5.73 Å². The number of rotatable bonds is 4. The van der Waals surface area contributed by atoms with Crippen molar-refractivity contribution in [3.8, 4) is 0 Å². The number of likely N-dealkylation sites (tertiary alicyclic amines) is 1. The minimum Gasteiger partial charge on any atom is -0.337 e. The lowest BCUT2D eigenvalue weighted by Gasteiger charge is -2.30. The fourth-order valence-electron chi connectivity index (χ4n) is 2.21. The third-order valence-electron chi connectivity index (χ3n) is 3.24. The van der Waals surface area contributed by atoms with Crippen LogP contribution in [-0.2, 0) is 4.79 Å². The summed E-state index contributed by atoms with van der Waals surface area (Å²) < 4.78 is 0. The Morgan fingerprint density at radius 1 is 1.50 bits per heavy atom. The van der Waals surface area contributed by atoms with Crippen molar-refractivity contribution < 1.29 is 4.79 Å². The van der Waals surface area contributed by atoms with E-state index < -0.39 is 0 Å². The zero-order valence-corrected chi connectivity index (χ0v) is 10.9. The van der Waals surface area contributed by atoms with E-state index >= 15 is 0 Å². The molecule has 4 heteroatoms. The van der Waals surface area contributed by atoms with Crippen LogP contribution in [-0.4, -0.2) is 55.0 Å². The van der Waals surface area contributed by atoms with Crippen LogP contribution in [0, 0.1) is 5.92 Å². The Morgan fingerprint density at radius 3 is 2.62 bits per heavy atom. The van der Waals surface area contributed by atoms with Crippen LogP contribution in [0.4, 0.5) is 0 Å². The molecule has 0 aromatic carbocycles. The molecule has 0 bridgehead atoms. The molecule has 0 saturated carbocycles. The molecule has 1 heterocycles. The van der Waals surface area contributed by atoms with Crippen molar-refractivity contribution in [2.75, 3.05) is 27.2 Å². The highest BCUT2D eigenvalue weighted by molar-refractivity contribution is 5.82. The number of amides is 1. The monoisotopic (exact) mass is 227 g/mol. The maximum Gasteiger partial charge on any atom is 0.240 e. The molecule has 0 aliphatic carbocycles. The summed E-state index contributed by atoms with van der Waals surface area (Å²) in [7, 11) is 4.09. The molecule has 2 atom stereocenters. The first-order valence-corrected chi connectivity index (χ1v) is 6.14. The van der Waals surface area contributed by atoms with Crippen molar-refractivity contribution in [1.82, 2.24) is 9.80 Å². The average molecular weight is 227 g/mol. The molecule has 1 aliphatic heterocycles. The lowest BCUT2D eigenvalue weighted by molar-refractivity contribution is -0.134. The molecule has 2 unspecified atom stereocenters. The van der Waals surface area contributed by atoms with E-state index in [0.29, 0.717) is 6.04 Å². The molecule has 0 aromatic heterocycles. The first-order valence-electron chi connectivity index (χ1n) is 6.14. The van der Waals surface area contributed by atoms with E-state index in [1.165, 1.54) is 0 Å². The molecule has 2 N–H and O–H groups in total. The van der Waals surface area contributed by atoms with Crippen molar-refractivity contribution in [1.29, 1.82) is 0 Å². The smallest absolute Gasteiger partial charge is 0.240 e. The molecule has 0 spiro atoms. The van der Waals surface area contributed by atoms with E-state index in [1.54, 1.807) is 0 Å². The summed E-state index contributed by atoms with van der Waals surface area (Å²) in [6, 6.07) is 0.00932. The van der Waals surface area contributed by atoms with E-state index in [-0.39, 0.29) is 17.9 Å². The second-order valence-electron chi connectivity index (χ2n) is 5.36. The van der Waals surface area contributed by atoms with Gasteiger partial charge in [0.2, 0.25) is 5.91 Å². The Bertz CT molecular complexity index is 240. The maximum atomic E-state index is 12.2. The molecule has 0 aromatic rings. The summed E-state index contributed by atoms with van der Waals surface area (Å²) >= 11 is 0. The van der Waals surface area contributed by atoms with Crippen LogP contribution in [0.2, 0.25) is 0 Å². The van der Waals surface area contributed by atoms with E-state index in [2.05, 4.69) is 4.90 Å². The lowest BCUT2D eigenvalue weighted by Crippen LogP contribution is -2.50. The highest BCUT2D eigenvalue weighted by Crippen LogP contribution is 2.19. The van der Waals surface area contributed by atoms with Crippen molar-refractivity contribution >= 4 is 5.91 Å². The lowest BCUT2D eigenvalue weighted by atomic mass is 10.0. The summed E-state index contributed by atoms with van der Waals surface area (Å²) in [6.45, 7) is 5.81. The predicted molar refractivity (Wildman–Crippen MR) is 66.1 cm³/mol. The zero-order chi connectivity index (χ0) is 12.3. The van der Waals surface area contributed by atoms with Gasteiger partial charge in [-0.15, -0.1) is 0 Å². The normalized spacial score (nSPS) is 23.2. The van der Waals surface area contributed by atoms with Gasteiger partial charge in [0.1, 0.15) is 0 Å². The third-order valence-corrected chi connectivity index (χ3v) is 3.24. The van der Waals surface area contributed by atoms with Crippen LogP contribution in [0.5, 0.6) is 0 Å². The predicted octanol–water partition coefficient (Wildman–Crippen LogP) is 0.522. The van der Waals surface area contributed by atoms with E-state index in [1.807, 2.05) is 32.8 Å². The van der Waals surface area contributed by atoms with Crippen LogP contribution in [0.3, 0.4) is 0 Å². The number of nitrogens with zero attached hydrogens (tertiary/aromatic N) is 2. The van der Waals surface area contributed by atoms with Crippen LogP contribution in [0.1, 0.15) is 26.7 Å². The number of hydrogen-bond acceptors (Lipinski definition) is 3. The molecule has 1 aliphatic rings. The number of hydrogen-bond donors (Lipinski definition) is 1. The molecular weight excluding hydrogens is 202 g/mol. The fraction of sp³-hybridized carbons (Fsp3) is 0.917. The Labute approximate surface area is 98.8 Å². The first kappa shape index (κ1) is 13.5. The van der Waals surface area contributed by atoms with Gasteiger partial charge < -0.3 is 15.5 Å². The molecule has 16 heavy (non-hydrogen) atoms. The molecule has 94 valence electrons.